The van der Waals surface area contributed by atoms with E-state index in [0.717, 1.165) is 44.7 Å². The number of nitrogens with zero attached hydrogens (tertiary/aromatic N) is 3. The molecule has 0 radical (unpaired) electrons. The summed E-state index contributed by atoms with van der Waals surface area (Å²) in [5.74, 6) is 1.36. The number of anilines is 1. The monoisotopic (exact) mass is 222 g/mol. The van der Waals surface area contributed by atoms with Crippen LogP contribution in [0.4, 0.5) is 5.95 Å². The van der Waals surface area contributed by atoms with Crippen LogP contribution in [-0.4, -0.2) is 23.2 Å². The van der Waals surface area contributed by atoms with Gasteiger partial charge in [0.05, 0.1) is 5.54 Å². The van der Waals surface area contributed by atoms with Gasteiger partial charge in [-0.25, -0.2) is 0 Å². The van der Waals surface area contributed by atoms with Gasteiger partial charge in [-0.2, -0.15) is 4.98 Å². The van der Waals surface area contributed by atoms with E-state index in [2.05, 4.69) is 15.0 Å². The van der Waals surface area contributed by atoms with Gasteiger partial charge in [-0.1, -0.05) is 12.8 Å². The maximum absolute atomic E-state index is 6.28. The molecule has 2 aliphatic rings. The maximum atomic E-state index is 6.28. The van der Waals surface area contributed by atoms with Crippen LogP contribution in [0.3, 0.4) is 0 Å². The van der Waals surface area contributed by atoms with Gasteiger partial charge in [0.2, 0.25) is 5.89 Å². The summed E-state index contributed by atoms with van der Waals surface area (Å²) in [7, 11) is 0. The number of aromatic nitrogens is 2. The summed E-state index contributed by atoms with van der Waals surface area (Å²) < 4.78 is 5.34. The fraction of sp³-hybridized carbons (Fsp3) is 0.818. The first-order valence-corrected chi connectivity index (χ1v) is 6.16. The zero-order valence-electron chi connectivity index (χ0n) is 9.48. The highest BCUT2D eigenvalue weighted by Gasteiger charge is 2.37. The Labute approximate surface area is 95.0 Å². The highest BCUT2D eigenvalue weighted by atomic mass is 16.5. The minimum atomic E-state index is -0.356. The lowest BCUT2D eigenvalue weighted by atomic mass is 10.00. The van der Waals surface area contributed by atoms with E-state index < -0.39 is 0 Å². The van der Waals surface area contributed by atoms with Crippen molar-refractivity contribution in [1.29, 1.82) is 0 Å². The average Bonchev–Trinajstić information content (AvgIpc) is 2.98. The van der Waals surface area contributed by atoms with E-state index in [1.54, 1.807) is 0 Å². The Morgan fingerprint density at radius 2 is 1.81 bits per heavy atom. The highest BCUT2D eigenvalue weighted by molar-refractivity contribution is 5.30. The van der Waals surface area contributed by atoms with Gasteiger partial charge >= 0.3 is 0 Å². The quantitative estimate of drug-likeness (QED) is 0.819. The molecule has 0 unspecified atom stereocenters. The van der Waals surface area contributed by atoms with E-state index in [1.807, 2.05) is 0 Å². The lowest BCUT2D eigenvalue weighted by Gasteiger charge is -2.17. The molecule has 5 heteroatoms. The zero-order chi connectivity index (χ0) is 11.0. The summed E-state index contributed by atoms with van der Waals surface area (Å²) in [5.41, 5.74) is 5.92. The Morgan fingerprint density at radius 3 is 2.50 bits per heavy atom. The Kier molecular flexibility index (Phi) is 2.35. The molecule has 1 saturated carbocycles. The molecule has 1 aliphatic carbocycles. The average molecular weight is 222 g/mol. The second kappa shape index (κ2) is 3.73. The topological polar surface area (TPSA) is 68.2 Å². The molecule has 1 aromatic heterocycles. The predicted octanol–water partition coefficient (Wildman–Crippen LogP) is 1.40. The van der Waals surface area contributed by atoms with Crippen molar-refractivity contribution in [2.24, 2.45) is 5.73 Å². The van der Waals surface area contributed by atoms with Crippen LogP contribution in [0.25, 0.3) is 0 Å². The third kappa shape index (κ3) is 1.59. The molecule has 1 saturated heterocycles. The summed E-state index contributed by atoms with van der Waals surface area (Å²) in [4.78, 5) is 6.64. The van der Waals surface area contributed by atoms with Crippen LogP contribution >= 0.6 is 0 Å². The van der Waals surface area contributed by atoms with E-state index in [1.165, 1.54) is 12.8 Å². The van der Waals surface area contributed by atoms with Crippen molar-refractivity contribution < 1.29 is 4.52 Å². The molecule has 0 aromatic carbocycles. The summed E-state index contributed by atoms with van der Waals surface area (Å²) in [6.07, 6.45) is 6.70. The number of nitrogens with two attached hydrogens (primary N) is 1. The van der Waals surface area contributed by atoms with Gasteiger partial charge in [-0.15, -0.1) is 0 Å². The van der Waals surface area contributed by atoms with Gasteiger partial charge in [-0.3, -0.25) is 0 Å². The molecule has 16 heavy (non-hydrogen) atoms. The Morgan fingerprint density at radius 1 is 1.12 bits per heavy atom. The van der Waals surface area contributed by atoms with E-state index in [-0.39, 0.29) is 5.54 Å². The first-order chi connectivity index (χ1) is 7.78. The van der Waals surface area contributed by atoms with Crippen molar-refractivity contribution in [3.63, 3.8) is 0 Å². The normalized spacial score (nSPS) is 24.2. The molecular formula is C11H18N4O. The van der Waals surface area contributed by atoms with Gasteiger partial charge in [0.15, 0.2) is 0 Å². The van der Waals surface area contributed by atoms with Crippen molar-refractivity contribution >= 4 is 5.95 Å². The fourth-order valence-corrected chi connectivity index (χ4v) is 2.68. The van der Waals surface area contributed by atoms with Crippen molar-refractivity contribution in [2.45, 2.75) is 44.1 Å². The minimum Gasteiger partial charge on any atom is -0.338 e. The summed E-state index contributed by atoms with van der Waals surface area (Å²) in [5, 5.41) is 4.05. The molecule has 2 fully saturated rings. The highest BCUT2D eigenvalue weighted by Crippen LogP contribution is 2.36. The molecule has 0 bridgehead atoms. The van der Waals surface area contributed by atoms with Crippen molar-refractivity contribution in [1.82, 2.24) is 10.1 Å². The van der Waals surface area contributed by atoms with Gasteiger partial charge in [0, 0.05) is 13.1 Å². The van der Waals surface area contributed by atoms with Crippen molar-refractivity contribution in [3.8, 4) is 0 Å². The third-order valence-electron chi connectivity index (χ3n) is 3.73. The van der Waals surface area contributed by atoms with Crippen molar-refractivity contribution in [2.75, 3.05) is 18.0 Å². The van der Waals surface area contributed by atoms with E-state index in [0.29, 0.717) is 5.89 Å². The Balaban J connectivity index is 1.81. The first-order valence-electron chi connectivity index (χ1n) is 6.16. The Hall–Kier alpha value is -1.10. The predicted molar refractivity (Wildman–Crippen MR) is 60.1 cm³/mol. The molecule has 88 valence electrons. The zero-order valence-corrected chi connectivity index (χ0v) is 9.48. The fourth-order valence-electron chi connectivity index (χ4n) is 2.68. The largest absolute Gasteiger partial charge is 0.338 e. The van der Waals surface area contributed by atoms with Crippen LogP contribution < -0.4 is 10.6 Å². The first kappa shape index (κ1) is 10.1. The van der Waals surface area contributed by atoms with Crippen LogP contribution in [0.2, 0.25) is 0 Å². The minimum absolute atomic E-state index is 0.356. The van der Waals surface area contributed by atoms with E-state index in [9.17, 15) is 0 Å². The second-order valence-electron chi connectivity index (χ2n) is 4.96. The van der Waals surface area contributed by atoms with Gasteiger partial charge < -0.3 is 15.2 Å². The Bertz CT molecular complexity index is 364. The second-order valence-corrected chi connectivity index (χ2v) is 4.96. The standard InChI is InChI=1S/C11H18N4O/c12-11(5-1-2-6-11)9-13-10(14-16-9)15-7-3-4-8-15/h1-8,12H2. The van der Waals surface area contributed by atoms with Crippen LogP contribution in [0.15, 0.2) is 4.52 Å². The molecule has 2 N–H and O–H groups in total. The van der Waals surface area contributed by atoms with Crippen LogP contribution in [0.1, 0.15) is 44.4 Å². The summed E-state index contributed by atoms with van der Waals surface area (Å²) in [6.45, 7) is 2.08. The van der Waals surface area contributed by atoms with Crippen LogP contribution in [-0.2, 0) is 5.54 Å². The molecule has 0 atom stereocenters. The molecule has 5 nitrogen and oxygen atoms in total. The lowest BCUT2D eigenvalue weighted by Crippen LogP contribution is -2.33. The maximum Gasteiger partial charge on any atom is 0.266 e. The molecule has 2 heterocycles. The summed E-state index contributed by atoms with van der Waals surface area (Å²) in [6, 6.07) is 0. The van der Waals surface area contributed by atoms with Gasteiger partial charge in [-0.05, 0) is 30.8 Å². The number of rotatable bonds is 2. The molecule has 0 spiro atoms. The molecule has 1 aliphatic heterocycles. The van der Waals surface area contributed by atoms with Crippen LogP contribution in [0, 0.1) is 0 Å². The van der Waals surface area contributed by atoms with E-state index in [4.69, 9.17) is 10.3 Å². The number of hydrogen-bond donors (Lipinski definition) is 1. The van der Waals surface area contributed by atoms with Gasteiger partial charge in [0.1, 0.15) is 0 Å². The smallest absolute Gasteiger partial charge is 0.266 e. The summed E-state index contributed by atoms with van der Waals surface area (Å²) >= 11 is 0. The van der Waals surface area contributed by atoms with Crippen molar-refractivity contribution in [3.05, 3.63) is 5.89 Å². The molecule has 1 aromatic rings. The van der Waals surface area contributed by atoms with Crippen LogP contribution in [0.5, 0.6) is 0 Å². The lowest BCUT2D eigenvalue weighted by molar-refractivity contribution is 0.285. The van der Waals surface area contributed by atoms with Gasteiger partial charge in [0.25, 0.3) is 5.95 Å². The van der Waals surface area contributed by atoms with E-state index >= 15 is 0 Å². The number of hydrogen-bond acceptors (Lipinski definition) is 5. The molecule has 3 rings (SSSR count). The third-order valence-corrected chi connectivity index (χ3v) is 3.73. The molecular weight excluding hydrogens is 204 g/mol. The SMILES string of the molecule is NC1(c2nc(N3CCCC3)no2)CCCC1. The molecule has 0 amide bonds.